The molecule has 1 heterocycles. The van der Waals surface area contributed by atoms with E-state index in [-0.39, 0.29) is 10.8 Å². The molecule has 4 aromatic rings. The third-order valence-electron chi connectivity index (χ3n) is 5.09. The highest BCUT2D eigenvalue weighted by molar-refractivity contribution is 5.92. The standard InChI is InChI=1S/C23H20N2O2/c1-16(25(26)27)21(17-10-4-2-5-11-17)22-19-14-8-9-15-20(19)24-23(22)18-12-6-3-7-13-18/h2-16,21,24H,1H3. The molecule has 27 heavy (non-hydrogen) atoms. The summed E-state index contributed by atoms with van der Waals surface area (Å²) >= 11 is 0. The minimum atomic E-state index is -0.755. The number of H-pyrrole nitrogens is 1. The zero-order valence-corrected chi connectivity index (χ0v) is 15.0. The van der Waals surface area contributed by atoms with Crippen LogP contribution >= 0.6 is 0 Å². The molecule has 1 N–H and O–H groups in total. The number of hydrogen-bond donors (Lipinski definition) is 1. The second kappa shape index (κ2) is 7.08. The van der Waals surface area contributed by atoms with Gasteiger partial charge in [-0.1, -0.05) is 78.9 Å². The number of fused-ring (bicyclic) bond motifs is 1. The number of aromatic amines is 1. The number of nitrogens with zero attached hydrogens (tertiary/aromatic N) is 1. The van der Waals surface area contributed by atoms with Crippen LogP contribution in [0, 0.1) is 10.1 Å². The van der Waals surface area contributed by atoms with Gasteiger partial charge in [-0.15, -0.1) is 0 Å². The first kappa shape index (κ1) is 17.0. The van der Waals surface area contributed by atoms with Gasteiger partial charge in [-0.3, -0.25) is 10.1 Å². The molecule has 0 aliphatic carbocycles. The first-order chi connectivity index (χ1) is 13.2. The van der Waals surface area contributed by atoms with E-state index in [0.29, 0.717) is 0 Å². The fourth-order valence-corrected chi connectivity index (χ4v) is 3.79. The van der Waals surface area contributed by atoms with E-state index in [9.17, 15) is 10.1 Å². The molecule has 0 bridgehead atoms. The molecule has 0 spiro atoms. The van der Waals surface area contributed by atoms with Crippen LogP contribution in [-0.4, -0.2) is 15.9 Å². The Hall–Kier alpha value is -3.40. The number of hydrogen-bond acceptors (Lipinski definition) is 2. The zero-order valence-electron chi connectivity index (χ0n) is 15.0. The fourth-order valence-electron chi connectivity index (χ4n) is 3.79. The predicted octanol–water partition coefficient (Wildman–Crippen LogP) is 5.63. The Morgan fingerprint density at radius 1 is 0.852 bits per heavy atom. The molecule has 0 aliphatic rings. The molecule has 3 aromatic carbocycles. The molecule has 4 heteroatoms. The Balaban J connectivity index is 2.03. The Morgan fingerprint density at radius 2 is 1.44 bits per heavy atom. The quantitative estimate of drug-likeness (QED) is 0.372. The van der Waals surface area contributed by atoms with Crippen molar-refractivity contribution < 1.29 is 4.92 Å². The fraction of sp³-hybridized carbons (Fsp3) is 0.130. The Bertz CT molecular complexity index is 1070. The summed E-state index contributed by atoms with van der Waals surface area (Å²) in [4.78, 5) is 15.1. The molecule has 134 valence electrons. The van der Waals surface area contributed by atoms with Crippen molar-refractivity contribution in [3.63, 3.8) is 0 Å². The highest BCUT2D eigenvalue weighted by Gasteiger charge is 2.34. The van der Waals surface area contributed by atoms with Gasteiger partial charge in [0.05, 0.1) is 11.6 Å². The van der Waals surface area contributed by atoms with Crippen LogP contribution in [0.4, 0.5) is 0 Å². The number of para-hydroxylation sites is 1. The van der Waals surface area contributed by atoms with Crippen molar-refractivity contribution in [3.05, 3.63) is 106 Å². The van der Waals surface area contributed by atoms with Crippen molar-refractivity contribution >= 4 is 10.9 Å². The minimum Gasteiger partial charge on any atom is -0.354 e. The molecule has 2 unspecified atom stereocenters. The lowest BCUT2D eigenvalue weighted by Gasteiger charge is -2.20. The molecule has 0 aliphatic heterocycles. The summed E-state index contributed by atoms with van der Waals surface area (Å²) in [7, 11) is 0. The number of nitro groups is 1. The van der Waals surface area contributed by atoms with Gasteiger partial charge in [0.2, 0.25) is 6.04 Å². The summed E-state index contributed by atoms with van der Waals surface area (Å²) in [6.45, 7) is 1.69. The average Bonchev–Trinajstić information content (AvgIpc) is 3.09. The smallest absolute Gasteiger partial charge is 0.221 e. The Morgan fingerprint density at radius 3 is 2.11 bits per heavy atom. The van der Waals surface area contributed by atoms with Crippen molar-refractivity contribution in [3.8, 4) is 11.3 Å². The second-order valence-electron chi connectivity index (χ2n) is 6.74. The summed E-state index contributed by atoms with van der Waals surface area (Å²) in [6, 6.07) is 27.0. The number of aromatic nitrogens is 1. The van der Waals surface area contributed by atoms with E-state index in [2.05, 4.69) is 4.98 Å². The van der Waals surface area contributed by atoms with Crippen LogP contribution in [0.15, 0.2) is 84.9 Å². The van der Waals surface area contributed by atoms with Gasteiger partial charge in [-0.2, -0.15) is 0 Å². The van der Waals surface area contributed by atoms with Crippen molar-refractivity contribution in [2.75, 3.05) is 0 Å². The van der Waals surface area contributed by atoms with Crippen LogP contribution in [0.2, 0.25) is 0 Å². The van der Waals surface area contributed by atoms with E-state index >= 15 is 0 Å². The topological polar surface area (TPSA) is 58.9 Å². The van der Waals surface area contributed by atoms with Crippen LogP contribution in [0.3, 0.4) is 0 Å². The lowest BCUT2D eigenvalue weighted by molar-refractivity contribution is -0.520. The van der Waals surface area contributed by atoms with Crippen LogP contribution in [0.25, 0.3) is 22.2 Å². The summed E-state index contributed by atoms with van der Waals surface area (Å²) in [5, 5.41) is 12.8. The number of nitrogens with one attached hydrogen (secondary N) is 1. The lowest BCUT2D eigenvalue weighted by atomic mass is 9.83. The van der Waals surface area contributed by atoms with Crippen LogP contribution in [0.5, 0.6) is 0 Å². The average molecular weight is 356 g/mol. The largest absolute Gasteiger partial charge is 0.354 e. The van der Waals surface area contributed by atoms with Gasteiger partial charge >= 0.3 is 0 Å². The summed E-state index contributed by atoms with van der Waals surface area (Å²) < 4.78 is 0. The summed E-state index contributed by atoms with van der Waals surface area (Å²) in [6.07, 6.45) is 0. The van der Waals surface area contributed by atoms with Crippen LogP contribution in [0.1, 0.15) is 24.0 Å². The van der Waals surface area contributed by atoms with E-state index in [4.69, 9.17) is 0 Å². The Kier molecular flexibility index (Phi) is 4.47. The van der Waals surface area contributed by atoms with Gasteiger partial charge in [-0.25, -0.2) is 0 Å². The lowest BCUT2D eigenvalue weighted by Crippen LogP contribution is -2.25. The van der Waals surface area contributed by atoms with E-state index < -0.39 is 6.04 Å². The molecule has 0 saturated heterocycles. The van der Waals surface area contributed by atoms with Gasteiger partial charge in [0.25, 0.3) is 0 Å². The van der Waals surface area contributed by atoms with Crippen LogP contribution in [-0.2, 0) is 0 Å². The van der Waals surface area contributed by atoms with Gasteiger partial charge in [0.15, 0.2) is 0 Å². The first-order valence-electron chi connectivity index (χ1n) is 9.01. The molecule has 4 rings (SSSR count). The normalized spacial score (nSPS) is 13.4. The minimum absolute atomic E-state index is 0.186. The molecular weight excluding hydrogens is 336 g/mol. The molecule has 0 saturated carbocycles. The van der Waals surface area contributed by atoms with Crippen LogP contribution < -0.4 is 0 Å². The van der Waals surface area contributed by atoms with Gasteiger partial charge in [-0.05, 0) is 22.8 Å². The molecular formula is C23H20N2O2. The van der Waals surface area contributed by atoms with Gasteiger partial charge in [0.1, 0.15) is 0 Å². The number of rotatable bonds is 5. The summed E-state index contributed by atoms with van der Waals surface area (Å²) in [5.41, 5.74) is 4.89. The van der Waals surface area contributed by atoms with Crippen molar-refractivity contribution in [1.29, 1.82) is 0 Å². The molecule has 1 aromatic heterocycles. The van der Waals surface area contributed by atoms with E-state index in [1.165, 1.54) is 0 Å². The van der Waals surface area contributed by atoms with E-state index in [1.54, 1.807) is 6.92 Å². The maximum absolute atomic E-state index is 11.8. The van der Waals surface area contributed by atoms with Crippen molar-refractivity contribution in [1.82, 2.24) is 4.98 Å². The SMILES string of the molecule is CC(C(c1ccccc1)c1c(-c2ccccc2)[nH]c2ccccc12)[N+](=O)[O-]. The maximum atomic E-state index is 11.8. The molecule has 0 fully saturated rings. The van der Waals surface area contributed by atoms with E-state index in [1.807, 2.05) is 84.9 Å². The molecule has 0 radical (unpaired) electrons. The van der Waals surface area contributed by atoms with Crippen molar-refractivity contribution in [2.24, 2.45) is 0 Å². The zero-order chi connectivity index (χ0) is 18.8. The van der Waals surface area contributed by atoms with Gasteiger partial charge in [0, 0.05) is 22.7 Å². The summed E-state index contributed by atoms with van der Waals surface area (Å²) in [5.74, 6) is -0.354. The third-order valence-corrected chi connectivity index (χ3v) is 5.09. The Labute approximate surface area is 157 Å². The first-order valence-corrected chi connectivity index (χ1v) is 9.01. The van der Waals surface area contributed by atoms with Gasteiger partial charge < -0.3 is 4.98 Å². The molecule has 2 atom stereocenters. The number of benzene rings is 3. The predicted molar refractivity (Wildman–Crippen MR) is 108 cm³/mol. The molecule has 4 nitrogen and oxygen atoms in total. The molecule has 0 amide bonds. The van der Waals surface area contributed by atoms with E-state index in [0.717, 1.165) is 33.3 Å². The highest BCUT2D eigenvalue weighted by Crippen LogP contribution is 2.40. The van der Waals surface area contributed by atoms with Crippen molar-refractivity contribution in [2.45, 2.75) is 18.9 Å². The highest BCUT2D eigenvalue weighted by atomic mass is 16.6. The maximum Gasteiger partial charge on any atom is 0.221 e. The third kappa shape index (κ3) is 3.10. The second-order valence-corrected chi connectivity index (χ2v) is 6.74. The monoisotopic (exact) mass is 356 g/mol.